The minimum atomic E-state index is -0.497. The van der Waals surface area contributed by atoms with E-state index in [0.29, 0.717) is 28.0 Å². The van der Waals surface area contributed by atoms with Gasteiger partial charge in [0.15, 0.2) is 0 Å². The first-order valence-electron chi connectivity index (χ1n) is 9.08. The van der Waals surface area contributed by atoms with Gasteiger partial charge in [0, 0.05) is 22.6 Å². The highest BCUT2D eigenvalue weighted by Crippen LogP contribution is 2.39. The topological polar surface area (TPSA) is 90.6 Å². The van der Waals surface area contributed by atoms with Gasteiger partial charge < -0.3 is 20.5 Å². The zero-order valence-corrected chi connectivity index (χ0v) is 17.0. The molecule has 3 rings (SSSR count). The molecule has 148 valence electrons. The maximum atomic E-state index is 12.5. The first kappa shape index (κ1) is 19.9. The molecule has 0 radical (unpaired) electrons. The van der Waals surface area contributed by atoms with Crippen LogP contribution in [0.2, 0.25) is 0 Å². The molecule has 7 heteroatoms. The van der Waals surface area contributed by atoms with Gasteiger partial charge in [-0.3, -0.25) is 9.59 Å². The van der Waals surface area contributed by atoms with Crippen molar-refractivity contribution >= 4 is 34.2 Å². The van der Waals surface area contributed by atoms with E-state index < -0.39 is 5.91 Å². The van der Waals surface area contributed by atoms with Crippen molar-refractivity contribution in [2.24, 2.45) is 11.7 Å². The first-order chi connectivity index (χ1) is 13.4. The highest BCUT2D eigenvalue weighted by molar-refractivity contribution is 7.17. The van der Waals surface area contributed by atoms with Gasteiger partial charge in [0.05, 0.1) is 19.8 Å². The monoisotopic (exact) mass is 400 g/mol. The van der Waals surface area contributed by atoms with E-state index in [1.165, 1.54) is 17.4 Å². The number of hydrogen-bond donors (Lipinski definition) is 2. The summed E-state index contributed by atoms with van der Waals surface area (Å²) in [7, 11) is 3.14. The minimum Gasteiger partial charge on any atom is -0.497 e. The van der Waals surface area contributed by atoms with Crippen LogP contribution in [0.3, 0.4) is 0 Å². The molecule has 1 aliphatic rings. The Labute approximate surface area is 168 Å². The maximum absolute atomic E-state index is 12.5. The van der Waals surface area contributed by atoms with Crippen LogP contribution in [0.15, 0.2) is 24.3 Å². The average molecular weight is 401 g/mol. The van der Waals surface area contributed by atoms with Crippen LogP contribution >= 0.6 is 11.3 Å². The van der Waals surface area contributed by atoms with Crippen LogP contribution in [0.4, 0.5) is 5.00 Å². The third-order valence-corrected chi connectivity index (χ3v) is 6.02. The van der Waals surface area contributed by atoms with E-state index in [2.05, 4.69) is 12.2 Å². The summed E-state index contributed by atoms with van der Waals surface area (Å²) in [5.74, 6) is 1.01. The molecule has 2 amide bonds. The van der Waals surface area contributed by atoms with Crippen molar-refractivity contribution in [2.75, 3.05) is 19.5 Å². The smallest absolute Gasteiger partial charge is 0.251 e. The number of thiophene rings is 1. The Morgan fingerprint density at radius 1 is 1.29 bits per heavy atom. The summed E-state index contributed by atoms with van der Waals surface area (Å²) in [4.78, 5) is 25.6. The molecule has 1 unspecified atom stereocenters. The number of primary amides is 1. The van der Waals surface area contributed by atoms with Crippen LogP contribution in [0.5, 0.6) is 11.5 Å². The van der Waals surface area contributed by atoms with Gasteiger partial charge >= 0.3 is 0 Å². The second-order valence-electron chi connectivity index (χ2n) is 6.85. The van der Waals surface area contributed by atoms with Crippen molar-refractivity contribution < 1.29 is 19.1 Å². The fourth-order valence-corrected chi connectivity index (χ4v) is 4.79. The lowest BCUT2D eigenvalue weighted by Gasteiger charge is -2.18. The lowest BCUT2D eigenvalue weighted by molar-refractivity contribution is -0.111. The highest BCUT2D eigenvalue weighted by atomic mass is 32.1. The quantitative estimate of drug-likeness (QED) is 0.724. The third kappa shape index (κ3) is 4.20. The summed E-state index contributed by atoms with van der Waals surface area (Å²) in [5, 5.41) is 3.35. The predicted molar refractivity (Wildman–Crippen MR) is 111 cm³/mol. The van der Waals surface area contributed by atoms with E-state index in [4.69, 9.17) is 15.2 Å². The van der Waals surface area contributed by atoms with Crippen LogP contribution < -0.4 is 20.5 Å². The number of carbonyl (C=O) groups is 2. The van der Waals surface area contributed by atoms with E-state index in [1.54, 1.807) is 32.4 Å². The molecule has 1 atom stereocenters. The van der Waals surface area contributed by atoms with Crippen molar-refractivity contribution in [1.29, 1.82) is 0 Å². The number of carbonyl (C=O) groups excluding carboxylic acids is 2. The minimum absolute atomic E-state index is 0.327. The number of nitrogens with two attached hydrogens (primary N) is 1. The van der Waals surface area contributed by atoms with Gasteiger partial charge in [-0.05, 0) is 49.0 Å². The number of anilines is 1. The van der Waals surface area contributed by atoms with E-state index in [0.717, 1.165) is 35.3 Å². The molecular formula is C21H24N2O4S. The zero-order chi connectivity index (χ0) is 20.3. The number of fused-ring (bicyclic) bond motifs is 1. The fraction of sp³-hybridized carbons (Fsp3) is 0.333. The van der Waals surface area contributed by atoms with Gasteiger partial charge in [0.2, 0.25) is 5.91 Å². The van der Waals surface area contributed by atoms with Crippen molar-refractivity contribution in [1.82, 2.24) is 0 Å². The second kappa shape index (κ2) is 8.48. The van der Waals surface area contributed by atoms with Crippen molar-refractivity contribution in [2.45, 2.75) is 26.2 Å². The molecular weight excluding hydrogens is 376 g/mol. The molecule has 1 heterocycles. The molecule has 0 bridgehead atoms. The molecule has 1 aromatic carbocycles. The molecule has 0 aliphatic heterocycles. The number of nitrogens with one attached hydrogen (secondary N) is 1. The molecule has 1 aromatic heterocycles. The van der Waals surface area contributed by atoms with Gasteiger partial charge in [0.1, 0.15) is 16.5 Å². The normalized spacial score (nSPS) is 15.9. The number of ether oxygens (including phenoxy) is 2. The van der Waals surface area contributed by atoms with E-state index in [9.17, 15) is 9.59 Å². The van der Waals surface area contributed by atoms with E-state index in [-0.39, 0.29) is 5.91 Å². The molecule has 2 aromatic rings. The number of rotatable bonds is 6. The first-order valence-corrected chi connectivity index (χ1v) is 9.90. The van der Waals surface area contributed by atoms with Crippen molar-refractivity contribution in [3.8, 4) is 11.5 Å². The summed E-state index contributed by atoms with van der Waals surface area (Å²) in [6.45, 7) is 2.19. The van der Waals surface area contributed by atoms with Crippen LogP contribution in [0.1, 0.15) is 39.7 Å². The SMILES string of the molecule is COc1ccc(C=CC(=O)Nc2sc3c(c2C(N)=O)CCC(C)C3)c(OC)c1. The second-order valence-corrected chi connectivity index (χ2v) is 7.96. The Hall–Kier alpha value is -2.80. The van der Waals surface area contributed by atoms with Crippen LogP contribution in [0.25, 0.3) is 6.08 Å². The summed E-state index contributed by atoms with van der Waals surface area (Å²) >= 11 is 1.45. The predicted octanol–water partition coefficient (Wildman–Crippen LogP) is 3.64. The summed E-state index contributed by atoms with van der Waals surface area (Å²) in [6, 6.07) is 5.35. The number of hydrogen-bond acceptors (Lipinski definition) is 5. The molecule has 3 N–H and O–H groups in total. The summed E-state index contributed by atoms with van der Waals surface area (Å²) in [6.07, 6.45) is 5.83. The third-order valence-electron chi connectivity index (χ3n) is 4.85. The zero-order valence-electron chi connectivity index (χ0n) is 16.2. The van der Waals surface area contributed by atoms with Gasteiger partial charge in [0.25, 0.3) is 5.91 Å². The Balaban J connectivity index is 1.80. The Morgan fingerprint density at radius 3 is 2.75 bits per heavy atom. The lowest BCUT2D eigenvalue weighted by atomic mass is 9.88. The molecule has 28 heavy (non-hydrogen) atoms. The average Bonchev–Trinajstić information content (AvgIpc) is 3.02. The number of methoxy groups -OCH3 is 2. The standard InChI is InChI=1S/C21H24N2O4S/c1-12-4-8-15-17(10-12)28-21(19(15)20(22)25)23-18(24)9-6-13-5-7-14(26-2)11-16(13)27-3/h5-7,9,11-12H,4,8,10H2,1-3H3,(H2,22,25)(H,23,24). The van der Waals surface area contributed by atoms with Gasteiger partial charge in [-0.25, -0.2) is 0 Å². The fourth-order valence-electron chi connectivity index (χ4n) is 3.37. The van der Waals surface area contributed by atoms with E-state index in [1.807, 2.05) is 6.07 Å². The molecule has 0 saturated heterocycles. The van der Waals surface area contributed by atoms with Gasteiger partial charge in [-0.2, -0.15) is 0 Å². The van der Waals surface area contributed by atoms with Crippen molar-refractivity contribution in [3.05, 3.63) is 45.8 Å². The number of amides is 2. The van der Waals surface area contributed by atoms with Gasteiger partial charge in [-0.1, -0.05) is 6.92 Å². The summed E-state index contributed by atoms with van der Waals surface area (Å²) < 4.78 is 10.5. The van der Waals surface area contributed by atoms with Gasteiger partial charge in [-0.15, -0.1) is 11.3 Å². The molecule has 0 spiro atoms. The lowest BCUT2D eigenvalue weighted by Crippen LogP contribution is -2.18. The van der Waals surface area contributed by atoms with Crippen molar-refractivity contribution in [3.63, 3.8) is 0 Å². The van der Waals surface area contributed by atoms with Crippen LogP contribution in [-0.4, -0.2) is 26.0 Å². The van der Waals surface area contributed by atoms with Crippen LogP contribution in [-0.2, 0) is 17.6 Å². The maximum Gasteiger partial charge on any atom is 0.251 e. The molecule has 1 aliphatic carbocycles. The molecule has 0 saturated carbocycles. The Morgan fingerprint density at radius 2 is 2.07 bits per heavy atom. The van der Waals surface area contributed by atoms with E-state index >= 15 is 0 Å². The summed E-state index contributed by atoms with van der Waals surface area (Å²) in [5.41, 5.74) is 7.78. The Kier molecular flexibility index (Phi) is 6.04. The molecule has 0 fully saturated rings. The number of benzene rings is 1. The largest absolute Gasteiger partial charge is 0.497 e. The Bertz CT molecular complexity index is 933. The molecule has 6 nitrogen and oxygen atoms in total. The highest BCUT2D eigenvalue weighted by Gasteiger charge is 2.26. The van der Waals surface area contributed by atoms with Crippen LogP contribution in [0, 0.1) is 5.92 Å².